The van der Waals surface area contributed by atoms with Gasteiger partial charge in [-0.1, -0.05) is 19.4 Å². The molecule has 1 saturated heterocycles. The van der Waals surface area contributed by atoms with Crippen LogP contribution in [0, 0.1) is 0 Å². The third kappa shape index (κ3) is 5.75. The van der Waals surface area contributed by atoms with Crippen LogP contribution in [0.15, 0.2) is 42.5 Å². The summed E-state index contributed by atoms with van der Waals surface area (Å²) in [4.78, 5) is 17.2. The number of pyridine rings is 1. The van der Waals surface area contributed by atoms with Gasteiger partial charge in [-0.15, -0.1) is 0 Å². The lowest BCUT2D eigenvalue weighted by atomic mass is 10.2. The van der Waals surface area contributed by atoms with Crippen LogP contribution in [0.25, 0.3) is 0 Å². The SMILES string of the molecule is CCCCOc1ccc(NC(=O)N2CC(Oc3cccc(C(F)(F)F)n3)C2)cc1. The van der Waals surface area contributed by atoms with E-state index in [2.05, 4.69) is 17.2 Å². The minimum Gasteiger partial charge on any atom is -0.494 e. The van der Waals surface area contributed by atoms with E-state index in [1.54, 1.807) is 24.3 Å². The largest absolute Gasteiger partial charge is 0.494 e. The number of carbonyl (C=O) groups excluding carboxylic acids is 1. The zero-order chi connectivity index (χ0) is 20.9. The summed E-state index contributed by atoms with van der Waals surface area (Å²) in [5, 5.41) is 2.76. The summed E-state index contributed by atoms with van der Waals surface area (Å²) in [6.45, 7) is 3.27. The van der Waals surface area contributed by atoms with Crippen molar-refractivity contribution in [2.24, 2.45) is 0 Å². The Bertz CT molecular complexity index is 822. The highest BCUT2D eigenvalue weighted by atomic mass is 19.4. The van der Waals surface area contributed by atoms with Gasteiger partial charge in [0.25, 0.3) is 0 Å². The number of carbonyl (C=O) groups is 1. The second kappa shape index (κ2) is 9.02. The molecule has 2 aromatic rings. The highest BCUT2D eigenvalue weighted by molar-refractivity contribution is 5.90. The van der Waals surface area contributed by atoms with Gasteiger partial charge in [0.2, 0.25) is 5.88 Å². The number of urea groups is 1. The van der Waals surface area contributed by atoms with E-state index in [9.17, 15) is 18.0 Å². The average Bonchev–Trinajstić information content (AvgIpc) is 2.65. The van der Waals surface area contributed by atoms with Crippen LogP contribution in [0.3, 0.4) is 0 Å². The number of unbranched alkanes of at least 4 members (excludes halogenated alkanes) is 1. The molecular formula is C20H22F3N3O3. The number of nitrogens with zero attached hydrogens (tertiary/aromatic N) is 2. The third-order valence-electron chi connectivity index (χ3n) is 4.31. The van der Waals surface area contributed by atoms with Crippen LogP contribution in [0.2, 0.25) is 0 Å². The van der Waals surface area contributed by atoms with Gasteiger partial charge in [-0.05, 0) is 36.8 Å². The zero-order valence-electron chi connectivity index (χ0n) is 15.9. The van der Waals surface area contributed by atoms with Crippen molar-refractivity contribution in [1.29, 1.82) is 0 Å². The maximum Gasteiger partial charge on any atom is 0.433 e. The molecule has 6 nitrogen and oxygen atoms in total. The predicted molar refractivity (Wildman–Crippen MR) is 101 cm³/mol. The number of alkyl halides is 3. The van der Waals surface area contributed by atoms with Crippen LogP contribution in [0.1, 0.15) is 25.5 Å². The highest BCUT2D eigenvalue weighted by Crippen LogP contribution is 2.29. The highest BCUT2D eigenvalue weighted by Gasteiger charge is 2.35. The number of hydrogen-bond donors (Lipinski definition) is 1. The molecule has 1 fully saturated rings. The maximum atomic E-state index is 12.7. The lowest BCUT2D eigenvalue weighted by Gasteiger charge is -2.38. The first-order valence-corrected chi connectivity index (χ1v) is 9.35. The number of rotatable bonds is 7. The molecule has 0 atom stereocenters. The smallest absolute Gasteiger partial charge is 0.433 e. The lowest BCUT2D eigenvalue weighted by molar-refractivity contribution is -0.141. The van der Waals surface area contributed by atoms with Crippen LogP contribution < -0.4 is 14.8 Å². The molecule has 1 aliphatic rings. The second-order valence-electron chi connectivity index (χ2n) is 6.66. The number of halogens is 3. The minimum absolute atomic E-state index is 0.108. The molecule has 0 unspecified atom stereocenters. The summed E-state index contributed by atoms with van der Waals surface area (Å²) < 4.78 is 49.1. The molecule has 2 amide bonds. The van der Waals surface area contributed by atoms with Crippen molar-refractivity contribution in [3.8, 4) is 11.6 Å². The molecule has 0 saturated carbocycles. The molecule has 156 valence electrons. The van der Waals surface area contributed by atoms with Gasteiger partial charge >= 0.3 is 12.2 Å². The molecule has 3 rings (SSSR count). The molecular weight excluding hydrogens is 387 g/mol. The monoisotopic (exact) mass is 409 g/mol. The van der Waals surface area contributed by atoms with Gasteiger partial charge in [-0.2, -0.15) is 13.2 Å². The Morgan fingerprint density at radius 2 is 1.93 bits per heavy atom. The number of ether oxygens (including phenoxy) is 2. The maximum absolute atomic E-state index is 12.7. The van der Waals surface area contributed by atoms with Crippen LogP contribution in [-0.4, -0.2) is 41.7 Å². The molecule has 1 aliphatic heterocycles. The summed E-state index contributed by atoms with van der Waals surface area (Å²) in [6.07, 6.45) is -2.89. The van der Waals surface area contributed by atoms with Crippen molar-refractivity contribution < 1.29 is 27.4 Å². The number of nitrogens with one attached hydrogen (secondary N) is 1. The Labute approximate surface area is 166 Å². The molecule has 1 aromatic carbocycles. The Kier molecular flexibility index (Phi) is 6.46. The van der Waals surface area contributed by atoms with E-state index in [-0.39, 0.29) is 25.0 Å². The molecule has 29 heavy (non-hydrogen) atoms. The van der Waals surface area contributed by atoms with Crippen LogP contribution in [0.5, 0.6) is 11.6 Å². The van der Waals surface area contributed by atoms with Crippen molar-refractivity contribution in [3.63, 3.8) is 0 Å². The molecule has 9 heteroatoms. The zero-order valence-corrected chi connectivity index (χ0v) is 15.9. The van der Waals surface area contributed by atoms with E-state index in [4.69, 9.17) is 9.47 Å². The number of benzene rings is 1. The van der Waals surface area contributed by atoms with Crippen LogP contribution >= 0.6 is 0 Å². The van der Waals surface area contributed by atoms with Gasteiger partial charge in [0.05, 0.1) is 19.7 Å². The van der Waals surface area contributed by atoms with E-state index < -0.39 is 18.0 Å². The molecule has 2 heterocycles. The average molecular weight is 409 g/mol. The van der Waals surface area contributed by atoms with Crippen molar-refractivity contribution in [1.82, 2.24) is 9.88 Å². The standard InChI is InChI=1S/C20H22F3N3O3/c1-2-3-11-28-15-9-7-14(8-10-15)24-19(27)26-12-16(13-26)29-18-6-4-5-17(25-18)20(21,22)23/h4-10,16H,2-3,11-13H2,1H3,(H,24,27). The Balaban J connectivity index is 1.44. The normalized spacial score (nSPS) is 14.3. The van der Waals surface area contributed by atoms with Gasteiger partial charge in [0.15, 0.2) is 0 Å². The number of hydrogen-bond acceptors (Lipinski definition) is 4. The number of anilines is 1. The van der Waals surface area contributed by atoms with Gasteiger partial charge in [-0.3, -0.25) is 0 Å². The van der Waals surface area contributed by atoms with Gasteiger partial charge < -0.3 is 19.7 Å². The second-order valence-corrected chi connectivity index (χ2v) is 6.66. The van der Waals surface area contributed by atoms with Crippen molar-refractivity contribution in [2.75, 3.05) is 25.0 Å². The van der Waals surface area contributed by atoms with Gasteiger partial charge in [0, 0.05) is 11.8 Å². The summed E-state index contributed by atoms with van der Waals surface area (Å²) in [7, 11) is 0. The first kappa shape index (κ1) is 20.8. The fourth-order valence-electron chi connectivity index (χ4n) is 2.66. The first-order valence-electron chi connectivity index (χ1n) is 9.35. The van der Waals surface area contributed by atoms with Gasteiger partial charge in [0.1, 0.15) is 17.5 Å². The predicted octanol–water partition coefficient (Wildman–Crippen LogP) is 4.57. The fourth-order valence-corrected chi connectivity index (χ4v) is 2.66. The quantitative estimate of drug-likeness (QED) is 0.681. The third-order valence-corrected chi connectivity index (χ3v) is 4.31. The first-order chi connectivity index (χ1) is 13.8. The van der Waals surface area contributed by atoms with Crippen molar-refractivity contribution in [3.05, 3.63) is 48.2 Å². The number of amides is 2. The molecule has 1 N–H and O–H groups in total. The molecule has 0 bridgehead atoms. The van der Waals surface area contributed by atoms with Crippen molar-refractivity contribution >= 4 is 11.7 Å². The Morgan fingerprint density at radius 3 is 2.59 bits per heavy atom. The Hall–Kier alpha value is -2.97. The summed E-state index contributed by atoms with van der Waals surface area (Å²) in [6, 6.07) is 10.2. The summed E-state index contributed by atoms with van der Waals surface area (Å²) in [5.74, 6) is 0.631. The topological polar surface area (TPSA) is 63.7 Å². The summed E-state index contributed by atoms with van der Waals surface area (Å²) in [5.41, 5.74) is -0.382. The number of aromatic nitrogens is 1. The van der Waals surface area contributed by atoms with E-state index in [1.165, 1.54) is 17.0 Å². The molecule has 0 radical (unpaired) electrons. The fraction of sp³-hybridized carbons (Fsp3) is 0.400. The van der Waals surface area contributed by atoms with E-state index in [0.717, 1.165) is 24.7 Å². The van der Waals surface area contributed by atoms with E-state index >= 15 is 0 Å². The minimum atomic E-state index is -4.53. The number of likely N-dealkylation sites (tertiary alicyclic amines) is 1. The molecule has 1 aromatic heterocycles. The lowest BCUT2D eigenvalue weighted by Crippen LogP contribution is -2.57. The van der Waals surface area contributed by atoms with E-state index in [0.29, 0.717) is 12.3 Å². The van der Waals surface area contributed by atoms with Crippen LogP contribution in [0.4, 0.5) is 23.7 Å². The van der Waals surface area contributed by atoms with Crippen molar-refractivity contribution in [2.45, 2.75) is 32.0 Å². The van der Waals surface area contributed by atoms with Crippen LogP contribution in [-0.2, 0) is 6.18 Å². The molecule has 0 spiro atoms. The van der Waals surface area contributed by atoms with E-state index in [1.807, 2.05) is 0 Å². The summed E-state index contributed by atoms with van der Waals surface area (Å²) >= 11 is 0. The Morgan fingerprint density at radius 1 is 1.21 bits per heavy atom. The molecule has 0 aliphatic carbocycles. The van der Waals surface area contributed by atoms with Gasteiger partial charge in [-0.25, -0.2) is 9.78 Å².